The minimum Gasteiger partial charge on any atom is -0.329 e. The number of hydrogen-bond donors (Lipinski definition) is 1. The molecule has 2 N–H and O–H groups in total. The van der Waals surface area contributed by atoms with Crippen LogP contribution in [-0.2, 0) is 6.42 Å². The molecule has 1 unspecified atom stereocenters. The van der Waals surface area contributed by atoms with E-state index in [0.717, 1.165) is 18.9 Å². The Kier molecular flexibility index (Phi) is 6.25. The number of nitrogens with zero attached hydrogens (tertiary/aromatic N) is 1. The first kappa shape index (κ1) is 16.5. The van der Waals surface area contributed by atoms with Crippen molar-refractivity contribution < 1.29 is 0 Å². The van der Waals surface area contributed by atoms with Gasteiger partial charge in [0, 0.05) is 19.1 Å². The van der Waals surface area contributed by atoms with Gasteiger partial charge in [0.25, 0.3) is 0 Å². The topological polar surface area (TPSA) is 29.3 Å². The van der Waals surface area contributed by atoms with E-state index in [1.807, 2.05) is 0 Å². The Morgan fingerprint density at radius 2 is 1.86 bits per heavy atom. The summed E-state index contributed by atoms with van der Waals surface area (Å²) in [4.78, 5) is 2.57. The van der Waals surface area contributed by atoms with Crippen LogP contribution in [0.25, 0.3) is 0 Å². The third-order valence-electron chi connectivity index (χ3n) is 4.80. The second-order valence-corrected chi connectivity index (χ2v) is 6.98. The van der Waals surface area contributed by atoms with Gasteiger partial charge in [-0.25, -0.2) is 0 Å². The zero-order chi connectivity index (χ0) is 15.2. The number of hydrogen-bond acceptors (Lipinski definition) is 2. The smallest absolute Gasteiger partial charge is 0.0470 e. The molecule has 0 bridgehead atoms. The fraction of sp³-hybridized carbons (Fsp3) is 0.684. The van der Waals surface area contributed by atoms with Crippen LogP contribution in [0.15, 0.2) is 24.3 Å². The first-order valence-electron chi connectivity index (χ1n) is 8.67. The van der Waals surface area contributed by atoms with Crippen LogP contribution >= 0.6 is 0 Å². The summed E-state index contributed by atoms with van der Waals surface area (Å²) in [5.41, 5.74) is 8.91. The maximum atomic E-state index is 6.09. The van der Waals surface area contributed by atoms with Crippen LogP contribution in [0.2, 0.25) is 0 Å². The van der Waals surface area contributed by atoms with E-state index in [4.69, 9.17) is 5.73 Å². The number of nitrogens with two attached hydrogens (primary N) is 1. The van der Waals surface area contributed by atoms with E-state index >= 15 is 0 Å². The fourth-order valence-electron chi connectivity index (χ4n) is 3.33. The minimum atomic E-state index is 0.378. The summed E-state index contributed by atoms with van der Waals surface area (Å²) >= 11 is 0. The molecule has 21 heavy (non-hydrogen) atoms. The molecule has 1 aliphatic rings. The second kappa shape index (κ2) is 7.95. The largest absolute Gasteiger partial charge is 0.329 e. The van der Waals surface area contributed by atoms with Gasteiger partial charge in [-0.2, -0.15) is 0 Å². The highest BCUT2D eigenvalue weighted by Gasteiger charge is 2.24. The molecule has 0 amide bonds. The van der Waals surface area contributed by atoms with Gasteiger partial charge in [-0.15, -0.1) is 0 Å². The van der Waals surface area contributed by atoms with Gasteiger partial charge in [-0.05, 0) is 48.8 Å². The standard InChI is InChI=1S/C19H32N2/c1-4-21(14-17-6-5-7-17)19(13-20)18-10-8-16(9-11-18)12-15(2)3/h8-11,15,17,19H,4-7,12-14,20H2,1-3H3. The normalized spacial score (nSPS) is 17.2. The zero-order valence-electron chi connectivity index (χ0n) is 14.0. The fourth-order valence-corrected chi connectivity index (χ4v) is 3.33. The van der Waals surface area contributed by atoms with Crippen LogP contribution in [-0.4, -0.2) is 24.5 Å². The average Bonchev–Trinajstić information content (AvgIpc) is 2.42. The molecule has 0 heterocycles. The highest BCUT2D eigenvalue weighted by molar-refractivity contribution is 5.25. The highest BCUT2D eigenvalue weighted by Crippen LogP contribution is 2.30. The van der Waals surface area contributed by atoms with E-state index in [2.05, 4.69) is 49.9 Å². The van der Waals surface area contributed by atoms with Crippen LogP contribution < -0.4 is 5.73 Å². The summed E-state index contributed by atoms with van der Waals surface area (Å²) < 4.78 is 0. The Labute approximate surface area is 130 Å². The van der Waals surface area contributed by atoms with E-state index in [1.54, 1.807) is 0 Å². The molecule has 2 rings (SSSR count). The van der Waals surface area contributed by atoms with Crippen molar-refractivity contribution in [1.82, 2.24) is 4.90 Å². The van der Waals surface area contributed by atoms with Crippen molar-refractivity contribution in [3.05, 3.63) is 35.4 Å². The summed E-state index contributed by atoms with van der Waals surface area (Å²) in [6.07, 6.45) is 5.38. The first-order chi connectivity index (χ1) is 10.1. The average molecular weight is 288 g/mol. The lowest BCUT2D eigenvalue weighted by atomic mass is 9.84. The van der Waals surface area contributed by atoms with Crippen molar-refractivity contribution >= 4 is 0 Å². The molecule has 118 valence electrons. The first-order valence-corrected chi connectivity index (χ1v) is 8.67. The SMILES string of the molecule is CCN(CC1CCC1)C(CN)c1ccc(CC(C)C)cc1. The molecule has 0 radical (unpaired) electrons. The Morgan fingerprint density at radius 3 is 2.29 bits per heavy atom. The Hall–Kier alpha value is -0.860. The third kappa shape index (κ3) is 4.55. The molecule has 1 aliphatic carbocycles. The molecule has 0 aromatic heterocycles. The summed E-state index contributed by atoms with van der Waals surface area (Å²) in [5, 5.41) is 0. The van der Waals surface area contributed by atoms with Crippen molar-refractivity contribution in [1.29, 1.82) is 0 Å². The van der Waals surface area contributed by atoms with Gasteiger partial charge in [-0.1, -0.05) is 51.5 Å². The molecule has 1 aromatic carbocycles. The summed E-state index contributed by atoms with van der Waals surface area (Å²) in [7, 11) is 0. The molecule has 1 fully saturated rings. The second-order valence-electron chi connectivity index (χ2n) is 6.98. The van der Waals surface area contributed by atoms with Gasteiger partial charge in [0.2, 0.25) is 0 Å². The predicted octanol–water partition coefficient (Wildman–Crippen LogP) is 4.01. The van der Waals surface area contributed by atoms with E-state index in [1.165, 1.54) is 36.9 Å². The summed E-state index contributed by atoms with van der Waals surface area (Å²) in [6, 6.07) is 9.53. The predicted molar refractivity (Wildman–Crippen MR) is 91.4 cm³/mol. The van der Waals surface area contributed by atoms with E-state index < -0.39 is 0 Å². The molecule has 1 saturated carbocycles. The maximum Gasteiger partial charge on any atom is 0.0470 e. The van der Waals surface area contributed by atoms with Crippen LogP contribution in [0.4, 0.5) is 0 Å². The van der Waals surface area contributed by atoms with Gasteiger partial charge in [0.05, 0.1) is 0 Å². The molecule has 0 aliphatic heterocycles. The lowest BCUT2D eigenvalue weighted by Gasteiger charge is -2.36. The maximum absolute atomic E-state index is 6.09. The molecule has 1 atom stereocenters. The van der Waals surface area contributed by atoms with Gasteiger partial charge in [-0.3, -0.25) is 4.90 Å². The number of likely N-dealkylation sites (N-methyl/N-ethyl adjacent to an activating group) is 1. The van der Waals surface area contributed by atoms with Gasteiger partial charge in [0.1, 0.15) is 0 Å². The van der Waals surface area contributed by atoms with E-state index in [9.17, 15) is 0 Å². The van der Waals surface area contributed by atoms with Crippen molar-refractivity contribution in [2.24, 2.45) is 17.6 Å². The number of benzene rings is 1. The molecular formula is C19H32N2. The van der Waals surface area contributed by atoms with E-state index in [0.29, 0.717) is 18.5 Å². The molecular weight excluding hydrogens is 256 g/mol. The number of rotatable bonds is 8. The molecule has 0 saturated heterocycles. The van der Waals surface area contributed by atoms with Crippen LogP contribution in [0.5, 0.6) is 0 Å². The van der Waals surface area contributed by atoms with Gasteiger partial charge in [0.15, 0.2) is 0 Å². The summed E-state index contributed by atoms with van der Waals surface area (Å²) in [5.74, 6) is 1.62. The monoisotopic (exact) mass is 288 g/mol. The van der Waals surface area contributed by atoms with Gasteiger partial charge >= 0.3 is 0 Å². The lowest BCUT2D eigenvalue weighted by molar-refractivity contribution is 0.141. The summed E-state index contributed by atoms with van der Waals surface area (Å²) in [6.45, 7) is 9.82. The molecule has 0 spiro atoms. The molecule has 2 nitrogen and oxygen atoms in total. The Balaban J connectivity index is 2.03. The highest BCUT2D eigenvalue weighted by atomic mass is 15.2. The van der Waals surface area contributed by atoms with Crippen molar-refractivity contribution in [2.75, 3.05) is 19.6 Å². The van der Waals surface area contributed by atoms with Crippen molar-refractivity contribution in [3.63, 3.8) is 0 Å². The molecule has 1 aromatic rings. The zero-order valence-corrected chi connectivity index (χ0v) is 14.0. The van der Waals surface area contributed by atoms with Gasteiger partial charge < -0.3 is 5.73 Å². The molecule has 2 heteroatoms. The van der Waals surface area contributed by atoms with Crippen molar-refractivity contribution in [3.8, 4) is 0 Å². The van der Waals surface area contributed by atoms with E-state index in [-0.39, 0.29) is 0 Å². The van der Waals surface area contributed by atoms with Crippen LogP contribution in [0.1, 0.15) is 57.2 Å². The Bertz CT molecular complexity index is 406. The Morgan fingerprint density at radius 1 is 1.19 bits per heavy atom. The quantitative estimate of drug-likeness (QED) is 0.783. The third-order valence-corrected chi connectivity index (χ3v) is 4.80. The van der Waals surface area contributed by atoms with Crippen molar-refractivity contribution in [2.45, 2.75) is 52.5 Å². The minimum absolute atomic E-state index is 0.378. The lowest BCUT2D eigenvalue weighted by Crippen LogP contribution is -2.38. The van der Waals surface area contributed by atoms with Crippen LogP contribution in [0, 0.1) is 11.8 Å². The van der Waals surface area contributed by atoms with Crippen LogP contribution in [0.3, 0.4) is 0 Å².